The summed E-state index contributed by atoms with van der Waals surface area (Å²) >= 11 is 0. The highest BCUT2D eigenvalue weighted by Gasteiger charge is 2.15. The Hall–Kier alpha value is -1.85. The van der Waals surface area contributed by atoms with Crippen molar-refractivity contribution < 1.29 is 29.0 Å². The first-order valence-electron chi connectivity index (χ1n) is 5.60. The van der Waals surface area contributed by atoms with Crippen molar-refractivity contribution in [3.05, 3.63) is 12.2 Å². The van der Waals surface area contributed by atoms with Crippen LogP contribution in [0.4, 0.5) is 0 Å². The lowest BCUT2D eigenvalue weighted by Crippen LogP contribution is -2.25. The molecule has 1 atom stereocenters. The molecule has 0 spiro atoms. The molecule has 0 aromatic rings. The average molecular weight is 258 g/mol. The third kappa shape index (κ3) is 7.43. The van der Waals surface area contributed by atoms with E-state index in [0.717, 1.165) is 0 Å². The quantitative estimate of drug-likeness (QED) is 0.521. The summed E-state index contributed by atoms with van der Waals surface area (Å²) in [6.07, 6.45) is -0.518. The largest absolute Gasteiger partial charge is 0.481 e. The summed E-state index contributed by atoms with van der Waals surface area (Å²) in [4.78, 5) is 32.6. The minimum absolute atomic E-state index is 0.0754. The van der Waals surface area contributed by atoms with Gasteiger partial charge in [-0.3, -0.25) is 9.59 Å². The predicted molar refractivity (Wildman–Crippen MR) is 62.8 cm³/mol. The van der Waals surface area contributed by atoms with Crippen LogP contribution in [-0.2, 0) is 23.9 Å². The zero-order valence-electron chi connectivity index (χ0n) is 10.6. The van der Waals surface area contributed by atoms with E-state index in [2.05, 4.69) is 6.58 Å². The van der Waals surface area contributed by atoms with Crippen LogP contribution in [0, 0.1) is 0 Å². The first kappa shape index (κ1) is 16.1. The zero-order chi connectivity index (χ0) is 14.1. The predicted octanol–water partition coefficient (Wildman–Crippen LogP) is 1.29. The molecule has 0 aliphatic rings. The lowest BCUT2D eigenvalue weighted by molar-refractivity contribution is -0.157. The molecule has 102 valence electrons. The van der Waals surface area contributed by atoms with Crippen LogP contribution in [-0.4, -0.2) is 35.7 Å². The molecule has 0 aliphatic heterocycles. The normalized spacial score (nSPS) is 11.4. The highest BCUT2D eigenvalue weighted by Crippen LogP contribution is 2.04. The van der Waals surface area contributed by atoms with Crippen LogP contribution < -0.4 is 0 Å². The molecule has 0 aromatic heterocycles. The van der Waals surface area contributed by atoms with Crippen molar-refractivity contribution in [2.24, 2.45) is 0 Å². The van der Waals surface area contributed by atoms with Crippen LogP contribution in [0.1, 0.15) is 33.1 Å². The molecule has 0 saturated carbocycles. The Balaban J connectivity index is 4.00. The van der Waals surface area contributed by atoms with Crippen molar-refractivity contribution in [1.82, 2.24) is 0 Å². The number of ether oxygens (including phenoxy) is 2. The standard InChI is InChI=1S/C12H18O6/c1-4-9(18-12(16)8(2)3)7-17-11(15)6-5-10(13)14/h9H,2,4-7H2,1,3H3,(H,13,14). The highest BCUT2D eigenvalue weighted by atomic mass is 16.6. The van der Waals surface area contributed by atoms with Crippen molar-refractivity contribution in [2.45, 2.75) is 39.2 Å². The maximum atomic E-state index is 11.2. The molecule has 0 heterocycles. The van der Waals surface area contributed by atoms with Crippen molar-refractivity contribution in [3.8, 4) is 0 Å². The first-order valence-corrected chi connectivity index (χ1v) is 5.60. The Bertz CT molecular complexity index is 333. The summed E-state index contributed by atoms with van der Waals surface area (Å²) in [6.45, 7) is 6.66. The van der Waals surface area contributed by atoms with E-state index in [1.165, 1.54) is 6.92 Å². The lowest BCUT2D eigenvalue weighted by Gasteiger charge is -2.16. The van der Waals surface area contributed by atoms with Crippen LogP contribution >= 0.6 is 0 Å². The number of carboxylic acid groups (broad SMARTS) is 1. The van der Waals surface area contributed by atoms with Crippen LogP contribution in [0.5, 0.6) is 0 Å². The van der Waals surface area contributed by atoms with Crippen molar-refractivity contribution >= 4 is 17.9 Å². The summed E-state index contributed by atoms with van der Waals surface area (Å²) in [7, 11) is 0. The fourth-order valence-corrected chi connectivity index (χ4v) is 0.954. The molecule has 18 heavy (non-hydrogen) atoms. The van der Waals surface area contributed by atoms with Gasteiger partial charge in [0.2, 0.25) is 0 Å². The maximum absolute atomic E-state index is 11.2. The molecule has 1 unspecified atom stereocenters. The lowest BCUT2D eigenvalue weighted by atomic mass is 10.3. The Morgan fingerprint density at radius 3 is 2.33 bits per heavy atom. The van der Waals surface area contributed by atoms with Gasteiger partial charge in [0.25, 0.3) is 0 Å². The second-order valence-electron chi connectivity index (χ2n) is 3.79. The SMILES string of the molecule is C=C(C)C(=O)OC(CC)COC(=O)CCC(=O)O. The number of aliphatic carboxylic acids is 1. The Morgan fingerprint density at radius 2 is 1.89 bits per heavy atom. The van der Waals surface area contributed by atoms with E-state index in [1.54, 1.807) is 6.92 Å². The highest BCUT2D eigenvalue weighted by molar-refractivity contribution is 5.87. The number of carboxylic acids is 1. The number of hydrogen-bond acceptors (Lipinski definition) is 5. The fourth-order valence-electron chi connectivity index (χ4n) is 0.954. The minimum Gasteiger partial charge on any atom is -0.481 e. The van der Waals surface area contributed by atoms with Crippen LogP contribution in [0.2, 0.25) is 0 Å². The molecule has 0 aromatic carbocycles. The molecule has 0 aliphatic carbocycles. The molecular formula is C12H18O6. The molecule has 0 rings (SSSR count). The molecule has 0 saturated heterocycles. The van der Waals surface area contributed by atoms with Crippen molar-refractivity contribution in [3.63, 3.8) is 0 Å². The number of hydrogen-bond donors (Lipinski definition) is 1. The molecule has 0 bridgehead atoms. The summed E-state index contributed by atoms with van der Waals surface area (Å²) in [5.41, 5.74) is 0.269. The smallest absolute Gasteiger partial charge is 0.333 e. The molecule has 6 heteroatoms. The van der Waals surface area contributed by atoms with Gasteiger partial charge in [-0.25, -0.2) is 4.79 Å². The Kier molecular flexibility index (Phi) is 7.42. The van der Waals surface area contributed by atoms with Crippen molar-refractivity contribution in [1.29, 1.82) is 0 Å². The maximum Gasteiger partial charge on any atom is 0.333 e. The number of carbonyl (C=O) groups excluding carboxylic acids is 2. The summed E-state index contributed by atoms with van der Waals surface area (Å²) < 4.78 is 9.82. The molecule has 0 radical (unpaired) electrons. The van der Waals surface area contributed by atoms with Gasteiger partial charge in [0, 0.05) is 5.57 Å². The molecule has 0 amide bonds. The third-order valence-electron chi connectivity index (χ3n) is 2.05. The second kappa shape index (κ2) is 8.27. The van der Waals surface area contributed by atoms with Gasteiger partial charge < -0.3 is 14.6 Å². The van der Waals surface area contributed by atoms with Gasteiger partial charge in [0.05, 0.1) is 12.8 Å². The van der Waals surface area contributed by atoms with E-state index >= 15 is 0 Å². The van der Waals surface area contributed by atoms with E-state index in [1.807, 2.05) is 0 Å². The molecular weight excluding hydrogens is 240 g/mol. The van der Waals surface area contributed by atoms with Crippen LogP contribution in [0.3, 0.4) is 0 Å². The van der Waals surface area contributed by atoms with E-state index in [4.69, 9.17) is 14.6 Å². The number of esters is 2. The molecule has 1 N–H and O–H groups in total. The van der Waals surface area contributed by atoms with Gasteiger partial charge in [-0.15, -0.1) is 0 Å². The van der Waals surface area contributed by atoms with E-state index < -0.39 is 24.0 Å². The third-order valence-corrected chi connectivity index (χ3v) is 2.05. The van der Waals surface area contributed by atoms with Gasteiger partial charge in [-0.2, -0.15) is 0 Å². The van der Waals surface area contributed by atoms with Crippen LogP contribution in [0.25, 0.3) is 0 Å². The monoisotopic (exact) mass is 258 g/mol. The van der Waals surface area contributed by atoms with Gasteiger partial charge in [-0.05, 0) is 13.3 Å². The number of rotatable bonds is 8. The van der Waals surface area contributed by atoms with E-state index in [-0.39, 0.29) is 25.0 Å². The van der Waals surface area contributed by atoms with Crippen LogP contribution in [0.15, 0.2) is 12.2 Å². The molecule has 0 fully saturated rings. The van der Waals surface area contributed by atoms with Gasteiger partial charge in [0.15, 0.2) is 0 Å². The Labute approximate surface area is 106 Å². The molecule has 6 nitrogen and oxygen atoms in total. The fraction of sp³-hybridized carbons (Fsp3) is 0.583. The summed E-state index contributed by atoms with van der Waals surface area (Å²) in [5, 5.41) is 8.38. The van der Waals surface area contributed by atoms with E-state index in [0.29, 0.717) is 6.42 Å². The summed E-state index contributed by atoms with van der Waals surface area (Å²) in [5.74, 6) is -2.22. The number of carbonyl (C=O) groups is 3. The van der Waals surface area contributed by atoms with Gasteiger partial charge in [0.1, 0.15) is 12.7 Å². The zero-order valence-corrected chi connectivity index (χ0v) is 10.6. The summed E-state index contributed by atoms with van der Waals surface area (Å²) in [6, 6.07) is 0. The van der Waals surface area contributed by atoms with Crippen molar-refractivity contribution in [2.75, 3.05) is 6.61 Å². The van der Waals surface area contributed by atoms with Gasteiger partial charge >= 0.3 is 17.9 Å². The Morgan fingerprint density at radius 1 is 1.28 bits per heavy atom. The van der Waals surface area contributed by atoms with E-state index in [9.17, 15) is 14.4 Å². The topological polar surface area (TPSA) is 89.9 Å². The average Bonchev–Trinajstić information content (AvgIpc) is 2.31. The minimum atomic E-state index is -1.06. The van der Waals surface area contributed by atoms with Gasteiger partial charge in [-0.1, -0.05) is 13.5 Å². The first-order chi connectivity index (χ1) is 8.36. The second-order valence-corrected chi connectivity index (χ2v) is 3.79.